The Kier molecular flexibility index (Phi) is 4.62. The van der Waals surface area contributed by atoms with Gasteiger partial charge in [-0.15, -0.1) is 0 Å². The summed E-state index contributed by atoms with van der Waals surface area (Å²) in [5.74, 6) is 0.401. The first kappa shape index (κ1) is 17.1. The molecule has 7 heteroatoms. The molecular weight excluding hydrogens is 340 g/mol. The Morgan fingerprint density at radius 1 is 0.769 bits per heavy atom. The maximum absolute atomic E-state index is 10.9. The summed E-state index contributed by atoms with van der Waals surface area (Å²) < 4.78 is 14.6. The van der Waals surface area contributed by atoms with Gasteiger partial charge in [0.25, 0.3) is 0 Å². The standard InChI is InChI=1S/C10H8O4.C9H6O3/c1-13-9-4-6-2-3-10(12)14-8(6)5-7(9)11;10-7-3-1-6-2-4-9(11)12-8(6)5-7/h2-5,11H,1H3;1-5,10H. The van der Waals surface area contributed by atoms with Crippen molar-refractivity contribution in [3.8, 4) is 17.2 Å². The molecule has 0 saturated carbocycles. The molecule has 2 N–H and O–H groups in total. The van der Waals surface area contributed by atoms with Crippen LogP contribution < -0.4 is 16.0 Å². The number of hydrogen-bond donors (Lipinski definition) is 2. The van der Waals surface area contributed by atoms with E-state index in [1.807, 2.05) is 0 Å². The number of fused-ring (bicyclic) bond motifs is 2. The number of phenols is 2. The van der Waals surface area contributed by atoms with Crippen LogP contribution in [0.15, 0.2) is 73.0 Å². The summed E-state index contributed by atoms with van der Waals surface area (Å²) in [6, 6.07) is 13.5. The highest BCUT2D eigenvalue weighted by atomic mass is 16.5. The predicted molar refractivity (Wildman–Crippen MR) is 94.8 cm³/mol. The van der Waals surface area contributed by atoms with Gasteiger partial charge in [-0.1, -0.05) is 0 Å². The van der Waals surface area contributed by atoms with E-state index in [4.69, 9.17) is 18.7 Å². The summed E-state index contributed by atoms with van der Waals surface area (Å²) in [5, 5.41) is 20.0. The lowest BCUT2D eigenvalue weighted by atomic mass is 10.2. The van der Waals surface area contributed by atoms with Crippen molar-refractivity contribution in [3.05, 3.63) is 75.4 Å². The van der Waals surface area contributed by atoms with Crippen LogP contribution >= 0.6 is 0 Å². The molecule has 0 atom stereocenters. The van der Waals surface area contributed by atoms with Crippen molar-refractivity contribution < 1.29 is 23.8 Å². The van der Waals surface area contributed by atoms with Gasteiger partial charge in [0.15, 0.2) is 11.5 Å². The molecule has 0 aliphatic heterocycles. The molecule has 4 rings (SSSR count). The van der Waals surface area contributed by atoms with E-state index in [-0.39, 0.29) is 11.5 Å². The molecule has 0 bridgehead atoms. The molecule has 7 nitrogen and oxygen atoms in total. The van der Waals surface area contributed by atoms with Gasteiger partial charge in [0, 0.05) is 35.0 Å². The van der Waals surface area contributed by atoms with Crippen LogP contribution in [0.25, 0.3) is 21.9 Å². The summed E-state index contributed by atoms with van der Waals surface area (Å²) >= 11 is 0. The normalized spacial score (nSPS) is 10.3. The van der Waals surface area contributed by atoms with E-state index in [2.05, 4.69) is 0 Å². The number of hydrogen-bond acceptors (Lipinski definition) is 7. The van der Waals surface area contributed by atoms with Gasteiger partial charge in [0.2, 0.25) is 0 Å². The second-order valence-corrected chi connectivity index (χ2v) is 5.29. The average Bonchev–Trinajstić information content (AvgIpc) is 2.61. The highest BCUT2D eigenvalue weighted by Gasteiger charge is 2.05. The molecule has 132 valence electrons. The summed E-state index contributed by atoms with van der Waals surface area (Å²) in [6.07, 6.45) is 0. The fourth-order valence-corrected chi connectivity index (χ4v) is 2.30. The van der Waals surface area contributed by atoms with E-state index >= 15 is 0 Å². The highest BCUT2D eigenvalue weighted by molar-refractivity contribution is 5.80. The Balaban J connectivity index is 0.000000152. The molecule has 2 aromatic heterocycles. The quantitative estimate of drug-likeness (QED) is 0.506. The third kappa shape index (κ3) is 3.67. The summed E-state index contributed by atoms with van der Waals surface area (Å²) in [6.45, 7) is 0. The van der Waals surface area contributed by atoms with Crippen LogP contribution in [0.3, 0.4) is 0 Å². The molecule has 0 aliphatic rings. The average molecular weight is 354 g/mol. The first-order valence-electron chi connectivity index (χ1n) is 7.50. The number of aromatic hydroxyl groups is 2. The zero-order valence-electron chi connectivity index (χ0n) is 13.6. The smallest absolute Gasteiger partial charge is 0.336 e. The Morgan fingerprint density at radius 2 is 1.35 bits per heavy atom. The van der Waals surface area contributed by atoms with Gasteiger partial charge in [0.1, 0.15) is 16.9 Å². The van der Waals surface area contributed by atoms with E-state index < -0.39 is 11.3 Å². The van der Waals surface area contributed by atoms with E-state index in [1.165, 1.54) is 31.4 Å². The van der Waals surface area contributed by atoms with E-state index in [1.54, 1.807) is 30.3 Å². The van der Waals surface area contributed by atoms with Crippen LogP contribution in [0.4, 0.5) is 0 Å². The first-order valence-corrected chi connectivity index (χ1v) is 7.50. The molecule has 0 amide bonds. The lowest BCUT2D eigenvalue weighted by Crippen LogP contribution is -1.94. The predicted octanol–water partition coefficient (Wildman–Crippen LogP) is 3.01. The van der Waals surface area contributed by atoms with Gasteiger partial charge in [-0.25, -0.2) is 9.59 Å². The molecule has 4 aromatic rings. The molecule has 26 heavy (non-hydrogen) atoms. The summed E-state index contributed by atoms with van der Waals surface area (Å²) in [4.78, 5) is 21.6. The molecule has 0 fully saturated rings. The molecule has 2 aromatic carbocycles. The van der Waals surface area contributed by atoms with Crippen molar-refractivity contribution in [2.45, 2.75) is 0 Å². The lowest BCUT2D eigenvalue weighted by molar-refractivity contribution is 0.373. The van der Waals surface area contributed by atoms with Crippen LogP contribution in [0.5, 0.6) is 17.2 Å². The van der Waals surface area contributed by atoms with E-state index in [0.29, 0.717) is 22.3 Å². The number of benzene rings is 2. The van der Waals surface area contributed by atoms with Crippen molar-refractivity contribution in [2.75, 3.05) is 7.11 Å². The van der Waals surface area contributed by atoms with Crippen molar-refractivity contribution in [2.24, 2.45) is 0 Å². The summed E-state index contributed by atoms with van der Waals surface area (Å²) in [7, 11) is 1.46. The largest absolute Gasteiger partial charge is 0.508 e. The first-order chi connectivity index (χ1) is 12.5. The van der Waals surface area contributed by atoms with Crippen molar-refractivity contribution in [1.29, 1.82) is 0 Å². The van der Waals surface area contributed by atoms with Gasteiger partial charge in [-0.05, 0) is 30.3 Å². The molecule has 0 radical (unpaired) electrons. The fraction of sp³-hybridized carbons (Fsp3) is 0.0526. The summed E-state index contributed by atoms with van der Waals surface area (Å²) in [5.41, 5.74) is -0.103. The number of methoxy groups -OCH3 is 1. The maximum Gasteiger partial charge on any atom is 0.336 e. The Bertz CT molecular complexity index is 1190. The van der Waals surface area contributed by atoms with Gasteiger partial charge in [-0.2, -0.15) is 0 Å². The minimum Gasteiger partial charge on any atom is -0.508 e. The van der Waals surface area contributed by atoms with Crippen LogP contribution in [0, 0.1) is 0 Å². The third-order valence-electron chi connectivity index (χ3n) is 3.53. The Morgan fingerprint density at radius 3 is 2.00 bits per heavy atom. The van der Waals surface area contributed by atoms with Crippen molar-refractivity contribution >= 4 is 21.9 Å². The zero-order valence-corrected chi connectivity index (χ0v) is 13.6. The van der Waals surface area contributed by atoms with Crippen LogP contribution in [0.1, 0.15) is 0 Å². The second kappa shape index (κ2) is 7.02. The molecule has 0 unspecified atom stereocenters. The molecule has 0 spiro atoms. The topological polar surface area (TPSA) is 110 Å². The fourth-order valence-electron chi connectivity index (χ4n) is 2.30. The molecule has 0 aliphatic carbocycles. The lowest BCUT2D eigenvalue weighted by Gasteiger charge is -2.03. The van der Waals surface area contributed by atoms with Crippen LogP contribution in [-0.4, -0.2) is 17.3 Å². The second-order valence-electron chi connectivity index (χ2n) is 5.29. The number of phenolic OH excluding ortho intramolecular Hbond substituents is 2. The number of ether oxygens (including phenoxy) is 1. The minimum atomic E-state index is -0.443. The van der Waals surface area contributed by atoms with Crippen LogP contribution in [-0.2, 0) is 0 Å². The molecule has 0 saturated heterocycles. The van der Waals surface area contributed by atoms with E-state index in [0.717, 1.165) is 5.39 Å². The van der Waals surface area contributed by atoms with Gasteiger partial charge >= 0.3 is 11.3 Å². The highest BCUT2D eigenvalue weighted by Crippen LogP contribution is 2.30. The van der Waals surface area contributed by atoms with E-state index in [9.17, 15) is 14.7 Å². The number of rotatable bonds is 1. The Hall–Kier alpha value is -3.74. The van der Waals surface area contributed by atoms with Crippen LogP contribution in [0.2, 0.25) is 0 Å². The minimum absolute atomic E-state index is 0.0469. The SMILES string of the molecule is COc1cc2ccc(=O)oc2cc1O.O=c1ccc2ccc(O)cc2o1. The van der Waals surface area contributed by atoms with Crippen molar-refractivity contribution in [1.82, 2.24) is 0 Å². The molecular formula is C19H14O7. The third-order valence-corrected chi connectivity index (χ3v) is 3.53. The monoisotopic (exact) mass is 354 g/mol. The van der Waals surface area contributed by atoms with Crippen molar-refractivity contribution in [3.63, 3.8) is 0 Å². The van der Waals surface area contributed by atoms with Gasteiger partial charge < -0.3 is 23.8 Å². The molecule has 2 heterocycles. The maximum atomic E-state index is 10.9. The zero-order chi connectivity index (χ0) is 18.7. The van der Waals surface area contributed by atoms with Gasteiger partial charge in [-0.3, -0.25) is 0 Å². The Labute approximate surface area is 146 Å². The van der Waals surface area contributed by atoms with Gasteiger partial charge in [0.05, 0.1) is 7.11 Å².